The molecule has 0 saturated carbocycles. The van der Waals surface area contributed by atoms with Gasteiger partial charge in [0.2, 0.25) is 0 Å². The molecule has 0 saturated heterocycles. The van der Waals surface area contributed by atoms with E-state index in [-0.39, 0.29) is 5.91 Å². The average molecular weight is 230 g/mol. The normalized spacial score (nSPS) is 16.6. The number of aromatic nitrogens is 1. The van der Waals surface area contributed by atoms with Crippen molar-refractivity contribution in [3.05, 3.63) is 40.5 Å². The maximum Gasteiger partial charge on any atom is 0.257 e. The Kier molecular flexibility index (Phi) is 1.97. The van der Waals surface area contributed by atoms with E-state index in [1.165, 1.54) is 4.88 Å². The highest BCUT2D eigenvalue weighted by Crippen LogP contribution is 2.39. The SMILES string of the molecule is Cc1cc2c(s1)NC(=O)/C2=C\c1ccc[nH]1. The molecule has 0 spiro atoms. The summed E-state index contributed by atoms with van der Waals surface area (Å²) in [6.45, 7) is 2.04. The molecule has 2 N–H and O–H groups in total. The number of aryl methyl sites for hydroxylation is 1. The monoisotopic (exact) mass is 230 g/mol. The lowest BCUT2D eigenvalue weighted by Crippen LogP contribution is -2.03. The number of thiophene rings is 1. The Bertz CT molecular complexity index is 578. The van der Waals surface area contributed by atoms with Crippen LogP contribution in [0.5, 0.6) is 0 Å². The van der Waals surface area contributed by atoms with Gasteiger partial charge in [-0.05, 0) is 31.2 Å². The first-order valence-electron chi connectivity index (χ1n) is 5.01. The molecule has 16 heavy (non-hydrogen) atoms. The van der Waals surface area contributed by atoms with Crippen molar-refractivity contribution in [2.24, 2.45) is 0 Å². The molecule has 0 aromatic carbocycles. The molecule has 3 heterocycles. The average Bonchev–Trinajstić information content (AvgIpc) is 2.88. The molecule has 0 bridgehead atoms. The van der Waals surface area contributed by atoms with E-state index in [9.17, 15) is 4.79 Å². The molecule has 3 nitrogen and oxygen atoms in total. The molecule has 4 heteroatoms. The van der Waals surface area contributed by atoms with E-state index in [0.717, 1.165) is 21.8 Å². The first kappa shape index (κ1) is 9.42. The summed E-state index contributed by atoms with van der Waals surface area (Å²) in [5.41, 5.74) is 2.70. The Labute approximate surface area is 96.8 Å². The van der Waals surface area contributed by atoms with E-state index in [1.54, 1.807) is 11.3 Å². The summed E-state index contributed by atoms with van der Waals surface area (Å²) in [6, 6.07) is 5.91. The zero-order valence-corrected chi connectivity index (χ0v) is 9.52. The third kappa shape index (κ3) is 1.39. The number of hydrogen-bond donors (Lipinski definition) is 2. The highest BCUT2D eigenvalue weighted by molar-refractivity contribution is 7.17. The van der Waals surface area contributed by atoms with E-state index >= 15 is 0 Å². The van der Waals surface area contributed by atoms with Gasteiger partial charge in [-0.25, -0.2) is 0 Å². The van der Waals surface area contributed by atoms with E-state index in [4.69, 9.17) is 0 Å². The minimum Gasteiger partial charge on any atom is -0.362 e. The van der Waals surface area contributed by atoms with Crippen molar-refractivity contribution in [2.45, 2.75) is 6.92 Å². The molecule has 0 fully saturated rings. The van der Waals surface area contributed by atoms with Gasteiger partial charge in [-0.15, -0.1) is 11.3 Å². The number of nitrogens with one attached hydrogen (secondary N) is 2. The Morgan fingerprint density at radius 1 is 1.44 bits per heavy atom. The van der Waals surface area contributed by atoms with Crippen LogP contribution < -0.4 is 5.32 Å². The van der Waals surface area contributed by atoms with Crippen LogP contribution in [-0.2, 0) is 4.79 Å². The quantitative estimate of drug-likeness (QED) is 0.727. The third-order valence-electron chi connectivity index (χ3n) is 2.54. The largest absolute Gasteiger partial charge is 0.362 e. The van der Waals surface area contributed by atoms with Gasteiger partial charge in [0.1, 0.15) is 5.00 Å². The maximum absolute atomic E-state index is 11.7. The zero-order chi connectivity index (χ0) is 11.1. The van der Waals surface area contributed by atoms with Gasteiger partial charge in [0.05, 0.1) is 5.57 Å². The van der Waals surface area contributed by atoms with E-state index in [0.29, 0.717) is 0 Å². The summed E-state index contributed by atoms with van der Waals surface area (Å²) in [7, 11) is 0. The van der Waals surface area contributed by atoms with Gasteiger partial charge >= 0.3 is 0 Å². The topological polar surface area (TPSA) is 44.9 Å². The molecule has 1 amide bonds. The Morgan fingerprint density at radius 2 is 2.31 bits per heavy atom. The van der Waals surface area contributed by atoms with Crippen LogP contribution in [0.15, 0.2) is 24.4 Å². The number of hydrogen-bond acceptors (Lipinski definition) is 2. The van der Waals surface area contributed by atoms with Gasteiger partial charge < -0.3 is 10.3 Å². The summed E-state index contributed by atoms with van der Waals surface area (Å²) in [5.74, 6) is -0.0177. The lowest BCUT2D eigenvalue weighted by atomic mass is 10.1. The lowest BCUT2D eigenvalue weighted by Gasteiger charge is -1.94. The molecule has 2 aromatic heterocycles. The fraction of sp³-hybridized carbons (Fsp3) is 0.0833. The summed E-state index contributed by atoms with van der Waals surface area (Å²) in [6.07, 6.45) is 3.73. The minimum atomic E-state index is -0.0177. The standard InChI is InChI=1S/C12H10N2OS/c1-7-5-10-9(6-8-3-2-4-13-8)11(15)14-12(10)16-7/h2-6,13H,1H3,(H,14,15)/b9-6-. The molecule has 0 radical (unpaired) electrons. The van der Waals surface area contributed by atoms with Crippen molar-refractivity contribution in [3.8, 4) is 0 Å². The Balaban J connectivity index is 2.11. The number of rotatable bonds is 1. The van der Waals surface area contributed by atoms with Crippen molar-refractivity contribution >= 4 is 33.9 Å². The molecule has 2 aromatic rings. The van der Waals surface area contributed by atoms with E-state index < -0.39 is 0 Å². The van der Waals surface area contributed by atoms with E-state index in [2.05, 4.69) is 10.3 Å². The van der Waals surface area contributed by atoms with Crippen LogP contribution in [0.2, 0.25) is 0 Å². The highest BCUT2D eigenvalue weighted by atomic mass is 32.1. The van der Waals surface area contributed by atoms with Gasteiger partial charge in [-0.3, -0.25) is 4.79 Å². The molecule has 1 aliphatic rings. The van der Waals surface area contributed by atoms with Crippen LogP contribution in [-0.4, -0.2) is 10.9 Å². The number of carbonyl (C=O) groups is 1. The smallest absolute Gasteiger partial charge is 0.257 e. The minimum absolute atomic E-state index is 0.0177. The van der Waals surface area contributed by atoms with Gasteiger partial charge in [-0.2, -0.15) is 0 Å². The van der Waals surface area contributed by atoms with Gasteiger partial charge in [0, 0.05) is 22.3 Å². The highest BCUT2D eigenvalue weighted by Gasteiger charge is 2.26. The fourth-order valence-corrected chi connectivity index (χ4v) is 2.75. The number of aromatic amines is 1. The van der Waals surface area contributed by atoms with Crippen molar-refractivity contribution in [3.63, 3.8) is 0 Å². The predicted molar refractivity (Wildman–Crippen MR) is 66.3 cm³/mol. The summed E-state index contributed by atoms with van der Waals surface area (Å²) < 4.78 is 0. The van der Waals surface area contributed by atoms with Gasteiger partial charge in [0.15, 0.2) is 0 Å². The molecule has 0 unspecified atom stereocenters. The molecule has 80 valence electrons. The Hall–Kier alpha value is -1.81. The second-order valence-corrected chi connectivity index (χ2v) is 4.99. The van der Waals surface area contributed by atoms with Crippen LogP contribution >= 0.6 is 11.3 Å². The van der Waals surface area contributed by atoms with Crippen LogP contribution in [0.25, 0.3) is 11.6 Å². The second kappa shape index (κ2) is 3.35. The molecular formula is C12H10N2OS. The summed E-state index contributed by atoms with van der Waals surface area (Å²) in [5, 5.41) is 3.84. The van der Waals surface area contributed by atoms with Crippen LogP contribution in [0, 0.1) is 6.92 Å². The first-order chi connectivity index (χ1) is 7.74. The number of anilines is 1. The predicted octanol–water partition coefficient (Wildman–Crippen LogP) is 2.88. The van der Waals surface area contributed by atoms with Crippen molar-refractivity contribution < 1.29 is 4.79 Å². The molecule has 3 rings (SSSR count). The zero-order valence-electron chi connectivity index (χ0n) is 8.70. The second-order valence-electron chi connectivity index (χ2n) is 3.74. The van der Waals surface area contributed by atoms with Crippen molar-refractivity contribution in [1.29, 1.82) is 0 Å². The summed E-state index contributed by atoms with van der Waals surface area (Å²) >= 11 is 1.61. The number of carbonyl (C=O) groups excluding carboxylic acids is 1. The molecule has 0 atom stereocenters. The molecular weight excluding hydrogens is 220 g/mol. The number of amides is 1. The lowest BCUT2D eigenvalue weighted by molar-refractivity contribution is -0.110. The fourth-order valence-electron chi connectivity index (χ4n) is 1.83. The van der Waals surface area contributed by atoms with Crippen molar-refractivity contribution in [1.82, 2.24) is 4.98 Å². The summed E-state index contributed by atoms with van der Waals surface area (Å²) in [4.78, 5) is 16.0. The molecule has 0 aliphatic carbocycles. The number of fused-ring (bicyclic) bond motifs is 1. The molecule has 1 aliphatic heterocycles. The van der Waals surface area contributed by atoms with E-state index in [1.807, 2.05) is 37.4 Å². The first-order valence-corrected chi connectivity index (χ1v) is 5.83. The van der Waals surface area contributed by atoms with Crippen molar-refractivity contribution in [2.75, 3.05) is 5.32 Å². The number of H-pyrrole nitrogens is 1. The van der Waals surface area contributed by atoms with Gasteiger partial charge in [-0.1, -0.05) is 0 Å². The van der Waals surface area contributed by atoms with Crippen LogP contribution in [0.3, 0.4) is 0 Å². The van der Waals surface area contributed by atoms with Crippen LogP contribution in [0.4, 0.5) is 5.00 Å². The Morgan fingerprint density at radius 3 is 3.06 bits per heavy atom. The third-order valence-corrected chi connectivity index (χ3v) is 3.50. The van der Waals surface area contributed by atoms with Gasteiger partial charge in [0.25, 0.3) is 5.91 Å². The van der Waals surface area contributed by atoms with Crippen LogP contribution in [0.1, 0.15) is 16.1 Å². The maximum atomic E-state index is 11.7.